The molecule has 17 heavy (non-hydrogen) atoms. The first kappa shape index (κ1) is 11.9. The van der Waals surface area contributed by atoms with Crippen molar-refractivity contribution >= 4 is 11.6 Å². The molecule has 2 rings (SSSR count). The van der Waals surface area contributed by atoms with Crippen LogP contribution in [0.3, 0.4) is 0 Å². The molecule has 0 atom stereocenters. The highest BCUT2D eigenvalue weighted by Crippen LogP contribution is 2.07. The maximum absolute atomic E-state index is 12.0. The average molecular weight is 252 g/mol. The number of pyridine rings is 1. The third kappa shape index (κ3) is 2.58. The average Bonchev–Trinajstić information content (AvgIpc) is 2.64. The smallest absolute Gasteiger partial charge is 0.297 e. The number of halogens is 1. The van der Waals surface area contributed by atoms with Crippen molar-refractivity contribution in [2.24, 2.45) is 0 Å². The summed E-state index contributed by atoms with van der Waals surface area (Å²) in [4.78, 5) is 16.0. The summed E-state index contributed by atoms with van der Waals surface area (Å²) in [5, 5.41) is 0.459. The minimum absolute atomic E-state index is 0.00468. The van der Waals surface area contributed by atoms with E-state index in [1.165, 1.54) is 0 Å². The van der Waals surface area contributed by atoms with Crippen LogP contribution in [0, 0.1) is 0 Å². The van der Waals surface area contributed by atoms with Crippen molar-refractivity contribution in [3.05, 3.63) is 51.9 Å². The molecule has 0 amide bonds. The molecule has 0 aromatic carbocycles. The van der Waals surface area contributed by atoms with E-state index in [9.17, 15) is 4.79 Å². The summed E-state index contributed by atoms with van der Waals surface area (Å²) in [7, 11) is 0. The van der Waals surface area contributed by atoms with Gasteiger partial charge in [-0.25, -0.2) is 9.78 Å². The van der Waals surface area contributed by atoms with Crippen LogP contribution in [0.15, 0.2) is 35.5 Å². The van der Waals surface area contributed by atoms with Gasteiger partial charge in [-0.3, -0.25) is 9.13 Å². The lowest BCUT2D eigenvalue weighted by Crippen LogP contribution is -2.25. The van der Waals surface area contributed by atoms with Crippen LogP contribution in [0.4, 0.5) is 0 Å². The van der Waals surface area contributed by atoms with Gasteiger partial charge in [0.2, 0.25) is 0 Å². The molecule has 0 saturated heterocycles. The molecule has 0 radical (unpaired) electrons. The fourth-order valence-electron chi connectivity index (χ4n) is 1.64. The quantitative estimate of drug-likeness (QED) is 0.786. The van der Waals surface area contributed by atoms with E-state index in [1.54, 1.807) is 33.8 Å². The predicted octanol–water partition coefficient (Wildman–Crippen LogP) is 2.33. The topological polar surface area (TPSA) is 39.8 Å². The number of aromatic nitrogens is 3. The zero-order chi connectivity index (χ0) is 12.4. The summed E-state index contributed by atoms with van der Waals surface area (Å²) in [6, 6.07) is 3.77. The molecule has 0 unspecified atom stereocenters. The summed E-state index contributed by atoms with van der Waals surface area (Å²) in [5.74, 6) is 0. The Bertz CT molecular complexity index is 554. The summed E-state index contributed by atoms with van der Waals surface area (Å²) in [6.45, 7) is 4.48. The van der Waals surface area contributed by atoms with Crippen LogP contribution < -0.4 is 5.69 Å². The number of hydrogen-bond acceptors (Lipinski definition) is 2. The Hall–Kier alpha value is -1.55. The molecule has 0 aliphatic heterocycles. The summed E-state index contributed by atoms with van der Waals surface area (Å²) in [6.07, 6.45) is 5.27. The van der Waals surface area contributed by atoms with Gasteiger partial charge >= 0.3 is 5.69 Å². The molecule has 0 spiro atoms. The Balaban J connectivity index is 2.25. The summed E-state index contributed by atoms with van der Waals surface area (Å²) < 4.78 is 3.36. The molecule has 0 fully saturated rings. The predicted molar refractivity (Wildman–Crippen MR) is 67.4 cm³/mol. The minimum Gasteiger partial charge on any atom is -0.297 e. The van der Waals surface area contributed by atoms with Crippen molar-refractivity contribution in [1.29, 1.82) is 0 Å². The van der Waals surface area contributed by atoms with Gasteiger partial charge in [0.25, 0.3) is 0 Å². The first-order chi connectivity index (χ1) is 8.08. The number of hydrogen-bond donors (Lipinski definition) is 0. The zero-order valence-corrected chi connectivity index (χ0v) is 10.6. The van der Waals surface area contributed by atoms with Crippen LogP contribution in [0.1, 0.15) is 25.5 Å². The van der Waals surface area contributed by atoms with Crippen LogP contribution in [0.25, 0.3) is 0 Å². The highest BCUT2D eigenvalue weighted by molar-refractivity contribution is 6.29. The molecule has 2 aromatic heterocycles. The minimum atomic E-state index is -0.00468. The Morgan fingerprint density at radius 2 is 2.12 bits per heavy atom. The fourth-order valence-corrected chi connectivity index (χ4v) is 1.75. The van der Waals surface area contributed by atoms with Gasteiger partial charge in [-0.05, 0) is 25.5 Å². The molecule has 5 heteroatoms. The van der Waals surface area contributed by atoms with Gasteiger partial charge in [0.1, 0.15) is 5.15 Å². The number of imidazole rings is 1. The normalized spacial score (nSPS) is 11.1. The van der Waals surface area contributed by atoms with Crippen molar-refractivity contribution in [3.8, 4) is 0 Å². The molecule has 0 aliphatic carbocycles. The molecule has 90 valence electrons. The van der Waals surface area contributed by atoms with Crippen molar-refractivity contribution < 1.29 is 0 Å². The van der Waals surface area contributed by atoms with Crippen LogP contribution in [-0.2, 0) is 6.54 Å². The summed E-state index contributed by atoms with van der Waals surface area (Å²) >= 11 is 5.71. The van der Waals surface area contributed by atoms with E-state index in [0.29, 0.717) is 11.7 Å². The van der Waals surface area contributed by atoms with E-state index in [1.807, 2.05) is 19.9 Å². The number of rotatable bonds is 3. The Labute approximate surface area is 104 Å². The highest BCUT2D eigenvalue weighted by atomic mass is 35.5. The second-order valence-corrected chi connectivity index (χ2v) is 4.59. The first-order valence-corrected chi connectivity index (χ1v) is 5.83. The Morgan fingerprint density at radius 3 is 2.65 bits per heavy atom. The van der Waals surface area contributed by atoms with E-state index >= 15 is 0 Å². The Morgan fingerprint density at radius 1 is 1.35 bits per heavy atom. The monoisotopic (exact) mass is 251 g/mol. The second kappa shape index (κ2) is 4.75. The SMILES string of the molecule is CC(C)n1ccn(Cc2ccc(Cl)nc2)c1=O. The fraction of sp³-hybridized carbons (Fsp3) is 0.333. The maximum atomic E-state index is 12.0. The molecule has 2 aromatic rings. The molecular weight excluding hydrogens is 238 g/mol. The third-order valence-electron chi connectivity index (χ3n) is 2.57. The Kier molecular flexibility index (Phi) is 3.33. The lowest BCUT2D eigenvalue weighted by Gasteiger charge is -2.05. The van der Waals surface area contributed by atoms with Gasteiger partial charge in [0.05, 0.1) is 6.54 Å². The number of nitrogens with zero attached hydrogens (tertiary/aromatic N) is 3. The lowest BCUT2D eigenvalue weighted by atomic mass is 10.3. The van der Waals surface area contributed by atoms with Crippen molar-refractivity contribution in [2.75, 3.05) is 0 Å². The largest absolute Gasteiger partial charge is 0.328 e. The van der Waals surface area contributed by atoms with Crippen LogP contribution in [0.2, 0.25) is 5.15 Å². The van der Waals surface area contributed by atoms with E-state index in [0.717, 1.165) is 5.56 Å². The first-order valence-electron chi connectivity index (χ1n) is 5.45. The van der Waals surface area contributed by atoms with E-state index in [2.05, 4.69) is 4.98 Å². The highest BCUT2D eigenvalue weighted by Gasteiger charge is 2.06. The van der Waals surface area contributed by atoms with Gasteiger partial charge in [-0.2, -0.15) is 0 Å². The van der Waals surface area contributed by atoms with E-state index in [-0.39, 0.29) is 11.7 Å². The van der Waals surface area contributed by atoms with Gasteiger partial charge in [-0.15, -0.1) is 0 Å². The van der Waals surface area contributed by atoms with Gasteiger partial charge in [0, 0.05) is 24.6 Å². The van der Waals surface area contributed by atoms with Crippen molar-refractivity contribution in [2.45, 2.75) is 26.4 Å². The van der Waals surface area contributed by atoms with E-state index < -0.39 is 0 Å². The maximum Gasteiger partial charge on any atom is 0.328 e. The molecule has 0 saturated carbocycles. The standard InChI is InChI=1S/C12H14ClN3O/c1-9(2)16-6-5-15(12(16)17)8-10-3-4-11(13)14-7-10/h3-7,9H,8H2,1-2H3. The molecule has 0 aliphatic rings. The molecule has 2 heterocycles. The third-order valence-corrected chi connectivity index (χ3v) is 2.80. The molecule has 0 N–H and O–H groups in total. The van der Waals surface area contributed by atoms with Crippen molar-refractivity contribution in [1.82, 2.24) is 14.1 Å². The summed E-state index contributed by atoms with van der Waals surface area (Å²) in [5.41, 5.74) is 0.952. The van der Waals surface area contributed by atoms with Gasteiger partial charge in [-0.1, -0.05) is 17.7 Å². The molecular formula is C12H14ClN3O. The second-order valence-electron chi connectivity index (χ2n) is 4.20. The van der Waals surface area contributed by atoms with Crippen LogP contribution in [-0.4, -0.2) is 14.1 Å². The van der Waals surface area contributed by atoms with Gasteiger partial charge < -0.3 is 0 Å². The molecule has 4 nitrogen and oxygen atoms in total. The van der Waals surface area contributed by atoms with Crippen LogP contribution >= 0.6 is 11.6 Å². The van der Waals surface area contributed by atoms with E-state index in [4.69, 9.17) is 11.6 Å². The van der Waals surface area contributed by atoms with Gasteiger partial charge in [0.15, 0.2) is 0 Å². The zero-order valence-electron chi connectivity index (χ0n) is 9.80. The lowest BCUT2D eigenvalue weighted by molar-refractivity contribution is 0.561. The molecule has 0 bridgehead atoms. The van der Waals surface area contributed by atoms with Crippen molar-refractivity contribution in [3.63, 3.8) is 0 Å². The van der Waals surface area contributed by atoms with Crippen LogP contribution in [0.5, 0.6) is 0 Å².